The molecule has 0 aromatic carbocycles. The standard InChI is InChI=1S/C11H20N4O/c1-2-7-12-8-10-14-15-11(16-10)13-9-5-3-4-6-9/h9,12H,2-8H2,1H3,(H,13,15). The summed E-state index contributed by atoms with van der Waals surface area (Å²) in [5, 5.41) is 14.5. The van der Waals surface area contributed by atoms with Crippen molar-refractivity contribution in [3.05, 3.63) is 5.89 Å². The second kappa shape index (κ2) is 5.84. The first-order valence-electron chi connectivity index (χ1n) is 6.18. The Bertz CT molecular complexity index is 307. The fraction of sp³-hybridized carbons (Fsp3) is 0.818. The van der Waals surface area contributed by atoms with Crippen LogP contribution >= 0.6 is 0 Å². The lowest BCUT2D eigenvalue weighted by Gasteiger charge is -2.07. The number of hydrogen-bond acceptors (Lipinski definition) is 5. The van der Waals surface area contributed by atoms with Crippen LogP contribution in [-0.4, -0.2) is 22.8 Å². The van der Waals surface area contributed by atoms with Crippen LogP contribution in [0.15, 0.2) is 4.42 Å². The Morgan fingerprint density at radius 3 is 2.88 bits per heavy atom. The topological polar surface area (TPSA) is 63.0 Å². The summed E-state index contributed by atoms with van der Waals surface area (Å²) in [7, 11) is 0. The Balaban J connectivity index is 1.77. The third-order valence-electron chi connectivity index (χ3n) is 2.85. The molecule has 0 radical (unpaired) electrons. The van der Waals surface area contributed by atoms with Crippen molar-refractivity contribution in [2.75, 3.05) is 11.9 Å². The van der Waals surface area contributed by atoms with E-state index < -0.39 is 0 Å². The maximum absolute atomic E-state index is 5.50. The van der Waals surface area contributed by atoms with E-state index in [4.69, 9.17) is 4.42 Å². The van der Waals surface area contributed by atoms with Gasteiger partial charge < -0.3 is 15.1 Å². The molecule has 0 amide bonds. The number of rotatable bonds is 6. The van der Waals surface area contributed by atoms with Crippen molar-refractivity contribution >= 4 is 6.01 Å². The third kappa shape index (κ3) is 3.20. The van der Waals surface area contributed by atoms with Crippen LogP contribution in [0, 0.1) is 0 Å². The lowest BCUT2D eigenvalue weighted by atomic mass is 10.3. The Kier molecular flexibility index (Phi) is 4.16. The van der Waals surface area contributed by atoms with Gasteiger partial charge in [0.1, 0.15) is 0 Å². The zero-order valence-corrected chi connectivity index (χ0v) is 9.83. The summed E-state index contributed by atoms with van der Waals surface area (Å²) in [4.78, 5) is 0. The minimum Gasteiger partial charge on any atom is -0.407 e. The SMILES string of the molecule is CCCNCc1nnc(NC2CCCC2)o1. The molecular formula is C11H20N4O. The van der Waals surface area contributed by atoms with Crippen molar-refractivity contribution in [3.63, 3.8) is 0 Å². The van der Waals surface area contributed by atoms with Crippen molar-refractivity contribution in [3.8, 4) is 0 Å². The van der Waals surface area contributed by atoms with Crippen LogP contribution in [0.1, 0.15) is 44.9 Å². The molecule has 1 aliphatic rings. The Morgan fingerprint density at radius 2 is 2.12 bits per heavy atom. The maximum atomic E-state index is 5.50. The summed E-state index contributed by atoms with van der Waals surface area (Å²) >= 11 is 0. The van der Waals surface area contributed by atoms with E-state index in [0.717, 1.165) is 13.0 Å². The first-order valence-corrected chi connectivity index (χ1v) is 6.18. The van der Waals surface area contributed by atoms with Crippen molar-refractivity contribution in [1.82, 2.24) is 15.5 Å². The molecule has 90 valence electrons. The van der Waals surface area contributed by atoms with E-state index in [1.807, 2.05) is 0 Å². The molecule has 5 nitrogen and oxygen atoms in total. The highest BCUT2D eigenvalue weighted by Crippen LogP contribution is 2.21. The van der Waals surface area contributed by atoms with Gasteiger partial charge >= 0.3 is 6.01 Å². The number of aromatic nitrogens is 2. The van der Waals surface area contributed by atoms with Crippen LogP contribution in [-0.2, 0) is 6.54 Å². The predicted molar refractivity (Wildman–Crippen MR) is 62.2 cm³/mol. The van der Waals surface area contributed by atoms with Crippen LogP contribution in [0.5, 0.6) is 0 Å². The molecule has 0 spiro atoms. The van der Waals surface area contributed by atoms with Gasteiger partial charge in [-0.15, -0.1) is 5.10 Å². The van der Waals surface area contributed by atoms with E-state index in [-0.39, 0.29) is 0 Å². The van der Waals surface area contributed by atoms with Gasteiger partial charge in [-0.25, -0.2) is 0 Å². The van der Waals surface area contributed by atoms with Crippen LogP contribution in [0.4, 0.5) is 6.01 Å². The molecular weight excluding hydrogens is 204 g/mol. The molecule has 1 saturated carbocycles. The Labute approximate surface area is 96.0 Å². The molecule has 1 aromatic rings. The van der Waals surface area contributed by atoms with Gasteiger partial charge in [-0.05, 0) is 25.8 Å². The van der Waals surface area contributed by atoms with E-state index in [2.05, 4.69) is 27.8 Å². The van der Waals surface area contributed by atoms with Crippen molar-refractivity contribution in [2.45, 2.75) is 51.6 Å². The van der Waals surface area contributed by atoms with Gasteiger partial charge in [0, 0.05) is 6.04 Å². The van der Waals surface area contributed by atoms with Gasteiger partial charge in [0.15, 0.2) is 0 Å². The average molecular weight is 224 g/mol. The van der Waals surface area contributed by atoms with E-state index in [1.165, 1.54) is 25.7 Å². The molecule has 0 aliphatic heterocycles. The number of hydrogen-bond donors (Lipinski definition) is 2. The monoisotopic (exact) mass is 224 g/mol. The fourth-order valence-corrected chi connectivity index (χ4v) is 2.00. The van der Waals surface area contributed by atoms with E-state index in [1.54, 1.807) is 0 Å². The van der Waals surface area contributed by atoms with Crippen molar-refractivity contribution in [1.29, 1.82) is 0 Å². The summed E-state index contributed by atoms with van der Waals surface area (Å²) in [6, 6.07) is 1.09. The molecule has 1 aromatic heterocycles. The van der Waals surface area contributed by atoms with Gasteiger partial charge in [0.2, 0.25) is 5.89 Å². The molecule has 5 heteroatoms. The zero-order chi connectivity index (χ0) is 11.2. The molecule has 2 N–H and O–H groups in total. The normalized spacial score (nSPS) is 16.8. The highest BCUT2D eigenvalue weighted by Gasteiger charge is 2.17. The Morgan fingerprint density at radius 1 is 1.31 bits per heavy atom. The summed E-state index contributed by atoms with van der Waals surface area (Å²) in [6.45, 7) is 3.77. The highest BCUT2D eigenvalue weighted by atomic mass is 16.4. The van der Waals surface area contributed by atoms with Gasteiger partial charge in [-0.1, -0.05) is 24.9 Å². The van der Waals surface area contributed by atoms with Gasteiger partial charge in [0.25, 0.3) is 0 Å². The minimum atomic E-state index is 0.525. The van der Waals surface area contributed by atoms with E-state index in [9.17, 15) is 0 Å². The van der Waals surface area contributed by atoms with E-state index in [0.29, 0.717) is 24.5 Å². The molecule has 0 bridgehead atoms. The van der Waals surface area contributed by atoms with Crippen molar-refractivity contribution in [2.24, 2.45) is 0 Å². The van der Waals surface area contributed by atoms with Crippen LogP contribution < -0.4 is 10.6 Å². The number of nitrogens with one attached hydrogen (secondary N) is 2. The molecule has 1 aliphatic carbocycles. The second-order valence-corrected chi connectivity index (χ2v) is 4.30. The summed E-state index contributed by atoms with van der Waals surface area (Å²) in [5.74, 6) is 0.661. The van der Waals surface area contributed by atoms with Gasteiger partial charge in [-0.2, -0.15) is 0 Å². The largest absolute Gasteiger partial charge is 0.407 e. The quantitative estimate of drug-likeness (QED) is 0.723. The molecule has 1 fully saturated rings. The van der Waals surface area contributed by atoms with Gasteiger partial charge in [-0.3, -0.25) is 0 Å². The molecule has 0 atom stereocenters. The fourth-order valence-electron chi connectivity index (χ4n) is 2.00. The number of nitrogens with zero attached hydrogens (tertiary/aromatic N) is 2. The third-order valence-corrected chi connectivity index (χ3v) is 2.85. The molecule has 2 rings (SSSR count). The summed E-state index contributed by atoms with van der Waals surface area (Å²) in [6.07, 6.45) is 6.15. The summed E-state index contributed by atoms with van der Waals surface area (Å²) < 4.78 is 5.50. The molecule has 1 heterocycles. The number of anilines is 1. The second-order valence-electron chi connectivity index (χ2n) is 4.30. The Hall–Kier alpha value is -1.10. The lowest BCUT2D eigenvalue weighted by molar-refractivity contribution is 0.472. The smallest absolute Gasteiger partial charge is 0.315 e. The highest BCUT2D eigenvalue weighted by molar-refractivity contribution is 5.19. The summed E-state index contributed by atoms with van der Waals surface area (Å²) in [5.41, 5.74) is 0. The predicted octanol–water partition coefficient (Wildman–Crippen LogP) is 1.92. The lowest BCUT2D eigenvalue weighted by Crippen LogP contribution is -2.14. The average Bonchev–Trinajstić information content (AvgIpc) is 2.91. The molecule has 0 saturated heterocycles. The first kappa shape index (κ1) is 11.4. The van der Waals surface area contributed by atoms with Crippen molar-refractivity contribution < 1.29 is 4.42 Å². The maximum Gasteiger partial charge on any atom is 0.315 e. The van der Waals surface area contributed by atoms with E-state index >= 15 is 0 Å². The van der Waals surface area contributed by atoms with Crippen LogP contribution in [0.2, 0.25) is 0 Å². The molecule has 16 heavy (non-hydrogen) atoms. The van der Waals surface area contributed by atoms with Crippen LogP contribution in [0.25, 0.3) is 0 Å². The zero-order valence-electron chi connectivity index (χ0n) is 9.83. The first-order chi connectivity index (χ1) is 7.88. The minimum absolute atomic E-state index is 0.525. The van der Waals surface area contributed by atoms with Crippen LogP contribution in [0.3, 0.4) is 0 Å². The molecule has 0 unspecified atom stereocenters. The van der Waals surface area contributed by atoms with Gasteiger partial charge in [0.05, 0.1) is 6.54 Å².